The largest absolute Gasteiger partial charge is 0.513 e. The van der Waals surface area contributed by atoms with Gasteiger partial charge in [0.05, 0.1) is 22.7 Å². The number of hydrogen-bond acceptors (Lipinski definition) is 8. The number of dihydropyridines is 1. The highest BCUT2D eigenvalue weighted by Crippen LogP contribution is 2.60. The molecular weight excluding hydrogens is 679 g/mol. The van der Waals surface area contributed by atoms with Crippen LogP contribution in [0, 0.1) is 10.1 Å². The molecule has 1 aromatic carbocycles. The van der Waals surface area contributed by atoms with Gasteiger partial charge in [0.2, 0.25) is 0 Å². The van der Waals surface area contributed by atoms with Crippen molar-refractivity contribution < 1.29 is 90.9 Å². The fourth-order valence-electron chi connectivity index (χ4n) is 3.78. The minimum absolute atomic E-state index is 0.0761. The molecule has 0 saturated carbocycles. The molecule has 1 heterocycles. The molecule has 23 heteroatoms. The molecule has 46 heavy (non-hydrogen) atoms. The average molecular weight is 696 g/mol. The van der Waals surface area contributed by atoms with Gasteiger partial charge in [-0.3, -0.25) is 10.1 Å². The van der Waals surface area contributed by atoms with Gasteiger partial charge in [0, 0.05) is 12.1 Å². The number of carboxylic acid groups (broad SMARTS) is 1. The molecule has 0 saturated heterocycles. The van der Waals surface area contributed by atoms with Crippen LogP contribution in [-0.4, -0.2) is 64.7 Å². The zero-order valence-electron chi connectivity index (χ0n) is 22.5. The van der Waals surface area contributed by atoms with Crippen LogP contribution in [0.15, 0.2) is 47.2 Å². The van der Waals surface area contributed by atoms with E-state index in [9.17, 15) is 76.8 Å². The second kappa shape index (κ2) is 12.4. The Hall–Kier alpha value is -4.47. The van der Waals surface area contributed by atoms with E-state index in [-0.39, 0.29) is 17.0 Å². The predicted molar refractivity (Wildman–Crippen MR) is 121 cm³/mol. The number of nitrogens with zero attached hydrogens (tertiary/aromatic N) is 1. The highest BCUT2D eigenvalue weighted by atomic mass is 19.4. The number of halogens is 13. The Labute approximate surface area is 246 Å². The molecule has 1 aliphatic heterocycles. The number of nitrogens with one attached hydrogen (secondary N) is 1. The van der Waals surface area contributed by atoms with E-state index in [4.69, 9.17) is 9.84 Å². The van der Waals surface area contributed by atoms with Crippen LogP contribution in [0.1, 0.15) is 31.7 Å². The number of nitro groups is 1. The fourth-order valence-corrected chi connectivity index (χ4v) is 3.78. The molecule has 258 valence electrons. The van der Waals surface area contributed by atoms with Gasteiger partial charge in [-0.2, -0.15) is 57.1 Å². The lowest BCUT2D eigenvalue weighted by atomic mass is 9.90. The van der Waals surface area contributed by atoms with Crippen LogP contribution in [-0.2, 0) is 14.2 Å². The molecule has 2 N–H and O–H groups in total. The van der Waals surface area contributed by atoms with Crippen LogP contribution < -0.4 is 5.32 Å². The Morgan fingerprint density at radius 2 is 1.35 bits per heavy atom. The van der Waals surface area contributed by atoms with Gasteiger partial charge in [-0.1, -0.05) is 12.1 Å². The maximum absolute atomic E-state index is 14.0. The minimum Gasteiger partial charge on any atom is -0.449 e. The number of carbonyl (C=O) groups is 2. The number of non-ortho nitro benzene ring substituents is 1. The summed E-state index contributed by atoms with van der Waals surface area (Å²) < 4.78 is 186. The van der Waals surface area contributed by atoms with Crippen molar-refractivity contribution in [3.05, 3.63) is 62.9 Å². The first-order valence-electron chi connectivity index (χ1n) is 11.8. The third kappa shape index (κ3) is 6.71. The smallest absolute Gasteiger partial charge is 0.449 e. The molecule has 1 unspecified atom stereocenters. The number of nitro benzene ring substituents is 1. The molecule has 0 radical (unpaired) electrons. The van der Waals surface area contributed by atoms with Crippen LogP contribution in [0.25, 0.3) is 0 Å². The summed E-state index contributed by atoms with van der Waals surface area (Å²) in [6.07, 6.45) is -14.5. The van der Waals surface area contributed by atoms with Gasteiger partial charge < -0.3 is 24.6 Å². The summed E-state index contributed by atoms with van der Waals surface area (Å²) in [4.78, 5) is 33.8. The van der Waals surface area contributed by atoms with Crippen LogP contribution in [0.3, 0.4) is 0 Å². The molecule has 2 rings (SSSR count). The van der Waals surface area contributed by atoms with E-state index in [2.05, 4.69) is 14.8 Å². The minimum atomic E-state index is -8.11. The van der Waals surface area contributed by atoms with Crippen molar-refractivity contribution in [3.63, 3.8) is 0 Å². The molecule has 0 aliphatic carbocycles. The maximum Gasteiger partial charge on any atom is 0.513 e. The van der Waals surface area contributed by atoms with E-state index >= 15 is 0 Å². The van der Waals surface area contributed by atoms with Crippen molar-refractivity contribution in [2.24, 2.45) is 0 Å². The van der Waals surface area contributed by atoms with Crippen molar-refractivity contribution in [1.82, 2.24) is 5.32 Å². The highest BCUT2D eigenvalue weighted by Gasteiger charge is 2.90. The van der Waals surface area contributed by atoms with Crippen LogP contribution in [0.5, 0.6) is 0 Å². The lowest BCUT2D eigenvalue weighted by molar-refractivity contribution is -0.440. The molecule has 1 aromatic rings. The summed E-state index contributed by atoms with van der Waals surface area (Å²) in [7, 11) is 0. The average Bonchev–Trinajstić information content (AvgIpc) is 2.90. The number of ether oxygens (including phenoxy) is 3. The molecule has 0 bridgehead atoms. The summed E-state index contributed by atoms with van der Waals surface area (Å²) in [6.45, 7) is 0.238. The van der Waals surface area contributed by atoms with E-state index in [0.29, 0.717) is 0 Å². The van der Waals surface area contributed by atoms with Crippen molar-refractivity contribution >= 4 is 18.0 Å². The molecule has 0 spiro atoms. The number of hydrogen-bond donors (Lipinski definition) is 2. The first-order valence-corrected chi connectivity index (χ1v) is 11.8. The number of allylic oxidation sites excluding steroid dienone is 2. The van der Waals surface area contributed by atoms with Crippen molar-refractivity contribution in [3.8, 4) is 0 Å². The van der Waals surface area contributed by atoms with Gasteiger partial charge >= 0.3 is 48.1 Å². The summed E-state index contributed by atoms with van der Waals surface area (Å²) in [6, 6.07) is 4.09. The third-order valence-corrected chi connectivity index (χ3v) is 6.08. The van der Waals surface area contributed by atoms with E-state index < -0.39 is 89.2 Å². The van der Waals surface area contributed by atoms with E-state index in [0.717, 1.165) is 31.2 Å². The van der Waals surface area contributed by atoms with Gasteiger partial charge in [-0.05, 0) is 19.4 Å². The quantitative estimate of drug-likeness (QED) is 0.103. The van der Waals surface area contributed by atoms with Gasteiger partial charge in [-0.25, -0.2) is 9.59 Å². The Bertz CT molecular complexity index is 1440. The summed E-state index contributed by atoms with van der Waals surface area (Å²) >= 11 is 0. The Kier molecular flexibility index (Phi) is 10.1. The maximum atomic E-state index is 14.0. The molecule has 0 amide bonds. The molecule has 10 nitrogen and oxygen atoms in total. The highest BCUT2D eigenvalue weighted by molar-refractivity contribution is 5.64. The van der Waals surface area contributed by atoms with Gasteiger partial charge in [0.25, 0.3) is 5.69 Å². The number of carbonyl (C=O) groups excluding carboxylic acids is 1. The Morgan fingerprint density at radius 1 is 0.848 bits per heavy atom. The van der Waals surface area contributed by atoms with Crippen LogP contribution >= 0.6 is 0 Å². The van der Waals surface area contributed by atoms with Crippen LogP contribution in [0.4, 0.5) is 72.4 Å². The van der Waals surface area contributed by atoms with Gasteiger partial charge in [-0.15, -0.1) is 0 Å². The standard InChI is InChI=1S/C23H17F13N2O8/c1-9-14(45-16(39)40)13(11-4-3-5-12(8-11)38(42)43)15(10(2)37-9)46-17(41)44-7-6-18(24,25)19(26,27)20(28,29)21(30,31)22(32,33)23(34,35)36/h3-5,8,13,37H,6-7H2,1-2H3,(H,39,40). The second-order valence-corrected chi connectivity index (χ2v) is 9.21. The summed E-state index contributed by atoms with van der Waals surface area (Å²) in [5, 5.41) is 22.8. The van der Waals surface area contributed by atoms with Gasteiger partial charge in [0.1, 0.15) is 24.0 Å². The van der Waals surface area contributed by atoms with Crippen molar-refractivity contribution in [2.45, 2.75) is 62.0 Å². The Morgan fingerprint density at radius 3 is 1.83 bits per heavy atom. The zero-order valence-corrected chi connectivity index (χ0v) is 22.5. The van der Waals surface area contributed by atoms with Crippen LogP contribution in [0.2, 0.25) is 0 Å². The molecule has 1 aliphatic rings. The number of rotatable bonds is 11. The third-order valence-electron chi connectivity index (χ3n) is 6.08. The summed E-state index contributed by atoms with van der Waals surface area (Å²) in [5.74, 6) is -41.1. The number of benzene rings is 1. The van der Waals surface area contributed by atoms with Crippen molar-refractivity contribution in [1.29, 1.82) is 0 Å². The molecule has 1 atom stereocenters. The monoisotopic (exact) mass is 696 g/mol. The molecule has 0 fully saturated rings. The van der Waals surface area contributed by atoms with E-state index in [1.807, 2.05) is 0 Å². The zero-order chi connectivity index (χ0) is 35.8. The first kappa shape index (κ1) is 37.7. The summed E-state index contributed by atoms with van der Waals surface area (Å²) in [5.41, 5.74) is -1.05. The topological polar surface area (TPSA) is 137 Å². The van der Waals surface area contributed by atoms with E-state index in [1.54, 1.807) is 0 Å². The second-order valence-electron chi connectivity index (χ2n) is 9.21. The fraction of sp³-hybridized carbons (Fsp3) is 0.478. The lowest BCUT2D eigenvalue weighted by Gasteiger charge is -2.39. The van der Waals surface area contributed by atoms with Gasteiger partial charge in [0.15, 0.2) is 0 Å². The predicted octanol–water partition coefficient (Wildman–Crippen LogP) is 7.72. The molecule has 0 aromatic heterocycles. The van der Waals surface area contributed by atoms with Crippen molar-refractivity contribution in [2.75, 3.05) is 6.61 Å². The normalized spacial score (nSPS) is 17.0. The van der Waals surface area contributed by atoms with E-state index in [1.165, 1.54) is 6.92 Å². The lowest BCUT2D eigenvalue weighted by Crippen LogP contribution is -2.70. The Balaban J connectivity index is 2.33. The number of alkyl halides is 13. The SMILES string of the molecule is CC1=C(OC(=O)O)C(c2cccc([N+](=O)[O-])c2)C(OC(=O)OCCC(F)(F)C(F)(F)C(F)(F)C(F)(F)C(F)(F)C(F)(F)F)=C(C)N1. The first-order chi connectivity index (χ1) is 20.6. The molecular formula is C23H17F13N2O8.